The number of amides is 1. The fourth-order valence-electron chi connectivity index (χ4n) is 2.92. The lowest BCUT2D eigenvalue weighted by Gasteiger charge is -2.23. The van der Waals surface area contributed by atoms with Crippen molar-refractivity contribution in [2.45, 2.75) is 25.3 Å². The van der Waals surface area contributed by atoms with Crippen molar-refractivity contribution in [2.75, 3.05) is 6.61 Å². The van der Waals surface area contributed by atoms with Crippen molar-refractivity contribution in [3.63, 3.8) is 0 Å². The third-order valence-corrected chi connectivity index (χ3v) is 5.61. The number of nitrogens with one attached hydrogen (secondary N) is 1. The van der Waals surface area contributed by atoms with Gasteiger partial charge in [-0.2, -0.15) is 0 Å². The van der Waals surface area contributed by atoms with Gasteiger partial charge in [0.15, 0.2) is 6.61 Å². The molecule has 0 spiro atoms. The largest absolute Gasteiger partial charge is 0.455 e. The molecule has 1 aromatic heterocycles. The summed E-state index contributed by atoms with van der Waals surface area (Å²) in [5, 5.41) is 4.78. The molecule has 1 N–H and O–H groups in total. The summed E-state index contributed by atoms with van der Waals surface area (Å²) >= 11 is 1.48. The molecular weight excluding hydrogens is 389 g/mol. The molecule has 1 amide bonds. The molecule has 0 bridgehead atoms. The van der Waals surface area contributed by atoms with E-state index in [9.17, 15) is 14.0 Å². The molecule has 3 aromatic rings. The van der Waals surface area contributed by atoms with Crippen LogP contribution in [0.4, 0.5) is 4.39 Å². The van der Waals surface area contributed by atoms with Crippen LogP contribution < -0.4 is 5.32 Å². The summed E-state index contributed by atoms with van der Waals surface area (Å²) in [5.41, 5.74) is 0.692. The van der Waals surface area contributed by atoms with Crippen molar-refractivity contribution in [1.82, 2.24) is 5.32 Å². The zero-order valence-corrected chi connectivity index (χ0v) is 17.0. The summed E-state index contributed by atoms with van der Waals surface area (Å²) in [7, 11) is 0. The average molecular weight is 411 g/mol. The lowest BCUT2D eigenvalue weighted by atomic mass is 9.85. The molecule has 0 fully saturated rings. The molecule has 0 aliphatic heterocycles. The lowest BCUT2D eigenvalue weighted by Crippen LogP contribution is -2.36. The predicted octanol–water partition coefficient (Wildman–Crippen LogP) is 4.61. The van der Waals surface area contributed by atoms with Crippen LogP contribution in [0.1, 0.15) is 35.9 Å². The van der Waals surface area contributed by atoms with E-state index < -0.39 is 29.9 Å². The van der Waals surface area contributed by atoms with E-state index in [0.717, 1.165) is 16.0 Å². The van der Waals surface area contributed by atoms with Crippen LogP contribution >= 0.6 is 11.3 Å². The highest BCUT2D eigenvalue weighted by Crippen LogP contribution is 2.27. The van der Waals surface area contributed by atoms with Gasteiger partial charge < -0.3 is 10.1 Å². The minimum absolute atomic E-state index is 0.345. The molecule has 4 nitrogen and oxygen atoms in total. The maximum atomic E-state index is 13.3. The predicted molar refractivity (Wildman–Crippen MR) is 111 cm³/mol. The SMILES string of the molecule is CC(C)(C(=O)OCC(=O)NC(c1ccc(F)cc1)c1cccs1)c1ccccc1. The van der Waals surface area contributed by atoms with Crippen molar-refractivity contribution in [1.29, 1.82) is 0 Å². The van der Waals surface area contributed by atoms with Crippen molar-refractivity contribution in [3.8, 4) is 0 Å². The van der Waals surface area contributed by atoms with Gasteiger partial charge >= 0.3 is 5.97 Å². The van der Waals surface area contributed by atoms with Gasteiger partial charge in [-0.05, 0) is 48.6 Å². The van der Waals surface area contributed by atoms with Gasteiger partial charge in [0.25, 0.3) is 5.91 Å². The average Bonchev–Trinajstić information content (AvgIpc) is 3.26. The Labute approximate surface area is 173 Å². The van der Waals surface area contributed by atoms with Crippen molar-refractivity contribution in [3.05, 3.63) is 93.9 Å². The number of carbonyl (C=O) groups is 2. The molecular formula is C23H22FNO3S. The standard InChI is InChI=1S/C23H22FNO3S/c1-23(2,17-7-4-3-5-8-17)22(27)28-15-20(26)25-21(19-9-6-14-29-19)16-10-12-18(24)13-11-16/h3-14,21H,15H2,1-2H3,(H,25,26). The fraction of sp³-hybridized carbons (Fsp3) is 0.217. The summed E-state index contributed by atoms with van der Waals surface area (Å²) in [6.45, 7) is 3.13. The molecule has 1 unspecified atom stereocenters. The number of halogens is 1. The molecule has 0 aliphatic carbocycles. The molecule has 0 aliphatic rings. The van der Waals surface area contributed by atoms with Gasteiger partial charge in [-0.25, -0.2) is 4.39 Å². The Morgan fingerprint density at radius 3 is 2.34 bits per heavy atom. The quantitative estimate of drug-likeness (QED) is 0.578. The first-order valence-corrected chi connectivity index (χ1v) is 10.1. The fourth-order valence-corrected chi connectivity index (χ4v) is 3.72. The van der Waals surface area contributed by atoms with E-state index in [0.29, 0.717) is 0 Å². The zero-order valence-electron chi connectivity index (χ0n) is 16.2. The summed E-state index contributed by atoms with van der Waals surface area (Å²) < 4.78 is 18.6. The van der Waals surface area contributed by atoms with Crippen LogP contribution in [0.3, 0.4) is 0 Å². The van der Waals surface area contributed by atoms with Crippen molar-refractivity contribution in [2.24, 2.45) is 0 Å². The molecule has 29 heavy (non-hydrogen) atoms. The zero-order chi connectivity index (χ0) is 20.9. The minimum atomic E-state index is -0.869. The second kappa shape index (κ2) is 9.01. The highest BCUT2D eigenvalue weighted by molar-refractivity contribution is 7.10. The van der Waals surface area contributed by atoms with E-state index in [1.54, 1.807) is 26.0 Å². The third-order valence-electron chi connectivity index (χ3n) is 4.68. The highest BCUT2D eigenvalue weighted by Gasteiger charge is 2.32. The summed E-state index contributed by atoms with van der Waals surface area (Å²) in [6.07, 6.45) is 0. The molecule has 1 heterocycles. The number of ether oxygens (including phenoxy) is 1. The number of carbonyl (C=O) groups excluding carboxylic acids is 2. The molecule has 3 rings (SSSR count). The first-order valence-electron chi connectivity index (χ1n) is 9.19. The molecule has 6 heteroatoms. The van der Waals surface area contributed by atoms with Crippen LogP contribution in [0, 0.1) is 5.82 Å². The number of esters is 1. The second-order valence-electron chi connectivity index (χ2n) is 7.13. The van der Waals surface area contributed by atoms with Gasteiger partial charge in [0.05, 0.1) is 11.5 Å². The topological polar surface area (TPSA) is 55.4 Å². The van der Waals surface area contributed by atoms with Crippen molar-refractivity contribution >= 4 is 23.2 Å². The maximum absolute atomic E-state index is 13.3. The second-order valence-corrected chi connectivity index (χ2v) is 8.11. The lowest BCUT2D eigenvalue weighted by molar-refractivity contribution is -0.153. The Hall–Kier alpha value is -2.99. The number of benzene rings is 2. The number of rotatable bonds is 7. The third kappa shape index (κ3) is 5.09. The van der Waals surface area contributed by atoms with Gasteiger partial charge in [-0.1, -0.05) is 48.5 Å². The highest BCUT2D eigenvalue weighted by atomic mass is 32.1. The van der Waals surface area contributed by atoms with Gasteiger partial charge in [0.2, 0.25) is 0 Å². The van der Waals surface area contributed by atoms with Gasteiger partial charge in [-0.3, -0.25) is 9.59 Å². The molecule has 2 aromatic carbocycles. The first kappa shape index (κ1) is 20.7. The van der Waals surface area contributed by atoms with E-state index in [4.69, 9.17) is 4.74 Å². The Balaban J connectivity index is 1.66. The number of hydrogen-bond acceptors (Lipinski definition) is 4. The van der Waals surface area contributed by atoms with Crippen LogP contribution in [-0.4, -0.2) is 18.5 Å². The Kier molecular flexibility index (Phi) is 6.44. The monoisotopic (exact) mass is 411 g/mol. The van der Waals surface area contributed by atoms with E-state index in [1.165, 1.54) is 23.5 Å². The van der Waals surface area contributed by atoms with Gasteiger partial charge in [0.1, 0.15) is 5.82 Å². The molecule has 0 radical (unpaired) electrons. The Bertz CT molecular complexity index is 954. The van der Waals surface area contributed by atoms with Crippen LogP contribution in [0.5, 0.6) is 0 Å². The van der Waals surface area contributed by atoms with Crippen LogP contribution in [0.25, 0.3) is 0 Å². The first-order chi connectivity index (χ1) is 13.9. The number of thiophene rings is 1. The molecule has 0 saturated carbocycles. The van der Waals surface area contributed by atoms with Gasteiger partial charge in [0, 0.05) is 4.88 Å². The minimum Gasteiger partial charge on any atom is -0.455 e. The van der Waals surface area contributed by atoms with Crippen LogP contribution in [0.2, 0.25) is 0 Å². The smallest absolute Gasteiger partial charge is 0.316 e. The van der Waals surface area contributed by atoms with E-state index in [1.807, 2.05) is 47.8 Å². The summed E-state index contributed by atoms with van der Waals surface area (Å²) in [5.74, 6) is -1.25. The maximum Gasteiger partial charge on any atom is 0.316 e. The normalized spacial score (nSPS) is 12.2. The van der Waals surface area contributed by atoms with Gasteiger partial charge in [-0.15, -0.1) is 11.3 Å². The number of hydrogen-bond donors (Lipinski definition) is 1. The van der Waals surface area contributed by atoms with E-state index in [2.05, 4.69) is 5.32 Å². The van der Waals surface area contributed by atoms with Crippen LogP contribution in [-0.2, 0) is 19.7 Å². The van der Waals surface area contributed by atoms with E-state index >= 15 is 0 Å². The molecule has 150 valence electrons. The molecule has 0 saturated heterocycles. The van der Waals surface area contributed by atoms with Crippen LogP contribution in [0.15, 0.2) is 72.1 Å². The van der Waals surface area contributed by atoms with E-state index in [-0.39, 0.29) is 5.82 Å². The molecule has 1 atom stereocenters. The summed E-state index contributed by atoms with van der Waals surface area (Å²) in [4.78, 5) is 26.0. The summed E-state index contributed by atoms with van der Waals surface area (Å²) in [6, 6.07) is 18.6. The Morgan fingerprint density at radius 1 is 1.03 bits per heavy atom. The van der Waals surface area contributed by atoms with Crippen molar-refractivity contribution < 1.29 is 18.7 Å². The Morgan fingerprint density at radius 2 is 1.72 bits per heavy atom.